The van der Waals surface area contributed by atoms with E-state index in [1.54, 1.807) is 24.1 Å². The van der Waals surface area contributed by atoms with Gasteiger partial charge in [-0.3, -0.25) is 14.2 Å². The molecular weight excluding hydrogens is 436 g/mol. The van der Waals surface area contributed by atoms with E-state index in [1.165, 1.54) is 4.57 Å². The number of morpholine rings is 1. The third kappa shape index (κ3) is 5.43. The van der Waals surface area contributed by atoms with Crippen molar-refractivity contribution < 1.29 is 19.1 Å². The first-order valence-corrected chi connectivity index (χ1v) is 11.3. The van der Waals surface area contributed by atoms with E-state index in [1.807, 2.05) is 43.3 Å². The summed E-state index contributed by atoms with van der Waals surface area (Å²) in [7, 11) is 1.67. The number of rotatable bonds is 8. The van der Waals surface area contributed by atoms with E-state index >= 15 is 0 Å². The Morgan fingerprint density at radius 3 is 2.59 bits per heavy atom. The molecule has 1 aliphatic rings. The van der Waals surface area contributed by atoms with Crippen LogP contribution in [0.1, 0.15) is 24.7 Å². The molecule has 34 heavy (non-hydrogen) atoms. The third-order valence-electron chi connectivity index (χ3n) is 5.69. The van der Waals surface area contributed by atoms with Crippen LogP contribution >= 0.6 is 0 Å². The average molecular weight is 465 g/mol. The van der Waals surface area contributed by atoms with Crippen LogP contribution in [0.15, 0.2) is 58.5 Å². The summed E-state index contributed by atoms with van der Waals surface area (Å²) in [6.07, 6.45) is 0.653. The maximum Gasteiger partial charge on any atom is 0.261 e. The summed E-state index contributed by atoms with van der Waals surface area (Å²) in [4.78, 5) is 36.6. The van der Waals surface area contributed by atoms with Gasteiger partial charge < -0.3 is 19.2 Å². The number of para-hydroxylation sites is 1. The van der Waals surface area contributed by atoms with Crippen LogP contribution < -0.4 is 10.3 Å². The second-order valence-electron chi connectivity index (χ2n) is 7.88. The number of hydrogen-bond acceptors (Lipinski definition) is 7. The number of hydrogen-bond donors (Lipinski definition) is 0. The molecule has 0 spiro atoms. The van der Waals surface area contributed by atoms with E-state index in [4.69, 9.17) is 14.3 Å². The molecule has 1 aliphatic heterocycles. The minimum atomic E-state index is -0.119. The molecule has 0 aliphatic carbocycles. The standard InChI is InChI=1S/C25H28N4O5/c1-3-21(27-34-16-23-26-22-7-5-4-6-20(22)25(31)28(23)2)18-8-10-19(11-9-18)33-17-24(30)29-12-14-32-15-13-29/h4-11H,3,12-17H2,1-2H3. The molecule has 0 saturated carbocycles. The quantitative estimate of drug-likeness (QED) is 0.376. The summed E-state index contributed by atoms with van der Waals surface area (Å²) < 4.78 is 12.4. The summed E-state index contributed by atoms with van der Waals surface area (Å²) in [6, 6.07) is 14.6. The lowest BCUT2D eigenvalue weighted by atomic mass is 10.1. The van der Waals surface area contributed by atoms with Gasteiger partial charge in [-0.2, -0.15) is 0 Å². The summed E-state index contributed by atoms with van der Waals surface area (Å²) in [6.45, 7) is 4.38. The minimum absolute atomic E-state index is 0.00530. The summed E-state index contributed by atoms with van der Waals surface area (Å²) in [5.41, 5.74) is 2.15. The molecule has 0 radical (unpaired) electrons. The smallest absolute Gasteiger partial charge is 0.261 e. The molecule has 0 bridgehead atoms. The SMILES string of the molecule is CCC(=NOCc1nc2ccccc2c(=O)n1C)c1ccc(OCC(=O)N2CCOCC2)cc1. The van der Waals surface area contributed by atoms with Crippen molar-refractivity contribution >= 4 is 22.5 Å². The zero-order valence-electron chi connectivity index (χ0n) is 19.4. The normalized spacial score (nSPS) is 14.3. The lowest BCUT2D eigenvalue weighted by Crippen LogP contribution is -2.42. The Balaban J connectivity index is 1.37. The number of carbonyl (C=O) groups excluding carboxylic acids is 1. The first-order valence-electron chi connectivity index (χ1n) is 11.3. The van der Waals surface area contributed by atoms with Crippen molar-refractivity contribution in [3.8, 4) is 5.75 Å². The number of aromatic nitrogens is 2. The molecule has 9 heteroatoms. The Bertz CT molecular complexity index is 1230. The highest BCUT2D eigenvalue weighted by Crippen LogP contribution is 2.15. The fourth-order valence-corrected chi connectivity index (χ4v) is 3.67. The van der Waals surface area contributed by atoms with Gasteiger partial charge in [0.15, 0.2) is 19.0 Å². The Kier molecular flexibility index (Phi) is 7.54. The largest absolute Gasteiger partial charge is 0.484 e. The molecule has 2 aromatic carbocycles. The number of oxime groups is 1. The fraction of sp³-hybridized carbons (Fsp3) is 0.360. The van der Waals surface area contributed by atoms with E-state index in [-0.39, 0.29) is 24.7 Å². The van der Waals surface area contributed by atoms with Gasteiger partial charge in [-0.25, -0.2) is 4.98 Å². The predicted molar refractivity (Wildman–Crippen MR) is 128 cm³/mol. The van der Waals surface area contributed by atoms with E-state index in [0.717, 1.165) is 11.3 Å². The topological polar surface area (TPSA) is 95.2 Å². The predicted octanol–water partition coefficient (Wildman–Crippen LogP) is 2.50. The van der Waals surface area contributed by atoms with Crippen LogP contribution in [-0.2, 0) is 28.0 Å². The zero-order valence-corrected chi connectivity index (χ0v) is 19.4. The highest BCUT2D eigenvalue weighted by atomic mass is 16.6. The van der Waals surface area contributed by atoms with Crippen molar-refractivity contribution in [1.29, 1.82) is 0 Å². The van der Waals surface area contributed by atoms with Gasteiger partial charge in [-0.15, -0.1) is 0 Å². The molecule has 0 N–H and O–H groups in total. The Labute approximate surface area is 197 Å². The monoisotopic (exact) mass is 464 g/mol. The second kappa shape index (κ2) is 10.9. The Morgan fingerprint density at radius 2 is 1.85 bits per heavy atom. The van der Waals surface area contributed by atoms with E-state index in [0.29, 0.717) is 55.2 Å². The summed E-state index contributed by atoms with van der Waals surface area (Å²) in [5.74, 6) is 1.06. The van der Waals surface area contributed by atoms with Gasteiger partial charge in [0, 0.05) is 20.1 Å². The van der Waals surface area contributed by atoms with Crippen molar-refractivity contribution in [1.82, 2.24) is 14.5 Å². The molecule has 2 heterocycles. The van der Waals surface area contributed by atoms with Crippen molar-refractivity contribution in [2.24, 2.45) is 12.2 Å². The maximum absolute atomic E-state index is 12.5. The first kappa shape index (κ1) is 23.4. The number of nitrogens with zero attached hydrogens (tertiary/aromatic N) is 4. The van der Waals surface area contributed by atoms with Gasteiger partial charge in [-0.05, 0) is 48.4 Å². The van der Waals surface area contributed by atoms with Gasteiger partial charge in [0.1, 0.15) is 5.75 Å². The molecule has 1 fully saturated rings. The summed E-state index contributed by atoms with van der Waals surface area (Å²) in [5, 5.41) is 4.84. The van der Waals surface area contributed by atoms with Crippen LogP contribution in [0.2, 0.25) is 0 Å². The number of benzene rings is 2. The van der Waals surface area contributed by atoms with Crippen LogP contribution in [0.5, 0.6) is 5.75 Å². The van der Waals surface area contributed by atoms with Gasteiger partial charge in [-0.1, -0.05) is 24.2 Å². The minimum Gasteiger partial charge on any atom is -0.484 e. The second-order valence-corrected chi connectivity index (χ2v) is 7.88. The van der Waals surface area contributed by atoms with Crippen molar-refractivity contribution in [2.75, 3.05) is 32.9 Å². The lowest BCUT2D eigenvalue weighted by molar-refractivity contribution is -0.137. The third-order valence-corrected chi connectivity index (χ3v) is 5.69. The highest BCUT2D eigenvalue weighted by molar-refractivity contribution is 6.00. The van der Waals surface area contributed by atoms with Crippen LogP contribution in [0.25, 0.3) is 10.9 Å². The van der Waals surface area contributed by atoms with E-state index in [2.05, 4.69) is 10.1 Å². The molecule has 3 aromatic rings. The van der Waals surface area contributed by atoms with Crippen molar-refractivity contribution in [2.45, 2.75) is 20.0 Å². The molecule has 4 rings (SSSR count). The van der Waals surface area contributed by atoms with Gasteiger partial charge in [0.05, 0.1) is 29.8 Å². The number of ether oxygens (including phenoxy) is 2. The van der Waals surface area contributed by atoms with Crippen LogP contribution in [-0.4, -0.2) is 59.0 Å². The van der Waals surface area contributed by atoms with Crippen LogP contribution in [0, 0.1) is 0 Å². The Hall–Kier alpha value is -3.72. The molecule has 0 atom stereocenters. The molecular formula is C25H28N4O5. The Morgan fingerprint density at radius 1 is 1.12 bits per heavy atom. The van der Waals surface area contributed by atoms with E-state index in [9.17, 15) is 9.59 Å². The van der Waals surface area contributed by atoms with Crippen LogP contribution in [0.4, 0.5) is 0 Å². The lowest BCUT2D eigenvalue weighted by Gasteiger charge is -2.26. The van der Waals surface area contributed by atoms with Crippen molar-refractivity contribution in [3.05, 3.63) is 70.3 Å². The fourth-order valence-electron chi connectivity index (χ4n) is 3.67. The molecule has 1 amide bonds. The van der Waals surface area contributed by atoms with E-state index < -0.39 is 0 Å². The van der Waals surface area contributed by atoms with Gasteiger partial charge in [0.2, 0.25) is 0 Å². The highest BCUT2D eigenvalue weighted by Gasteiger charge is 2.17. The number of amides is 1. The molecule has 1 aromatic heterocycles. The molecule has 9 nitrogen and oxygen atoms in total. The van der Waals surface area contributed by atoms with Crippen molar-refractivity contribution in [3.63, 3.8) is 0 Å². The molecule has 178 valence electrons. The average Bonchev–Trinajstić information content (AvgIpc) is 2.89. The number of fused-ring (bicyclic) bond motifs is 1. The molecule has 1 saturated heterocycles. The first-order chi connectivity index (χ1) is 16.6. The van der Waals surface area contributed by atoms with Gasteiger partial charge in [0.25, 0.3) is 11.5 Å². The molecule has 0 unspecified atom stereocenters. The maximum atomic E-state index is 12.5. The van der Waals surface area contributed by atoms with Gasteiger partial charge >= 0.3 is 0 Å². The van der Waals surface area contributed by atoms with Crippen LogP contribution in [0.3, 0.4) is 0 Å². The zero-order chi connectivity index (χ0) is 23.9. The summed E-state index contributed by atoms with van der Waals surface area (Å²) >= 11 is 0. The number of carbonyl (C=O) groups is 1.